The molecule has 0 atom stereocenters. The number of nitrogens with one attached hydrogen (secondary N) is 1. The lowest BCUT2D eigenvalue weighted by Gasteiger charge is -2.01. The zero-order valence-corrected chi connectivity index (χ0v) is 9.52. The molecule has 2 aromatic heterocycles. The van der Waals surface area contributed by atoms with Crippen molar-refractivity contribution in [2.24, 2.45) is 0 Å². The Labute approximate surface area is 92.3 Å². The number of fused-ring (bicyclic) bond motifs is 1. The minimum Gasteiger partial charge on any atom is -0.377 e. The molecule has 2 rings (SSSR count). The number of hydrogen-bond donors (Lipinski definition) is 1. The van der Waals surface area contributed by atoms with Gasteiger partial charge in [-0.2, -0.15) is 9.50 Å². The van der Waals surface area contributed by atoms with Gasteiger partial charge in [0.2, 0.25) is 0 Å². The molecule has 0 aliphatic carbocycles. The molecule has 2 heterocycles. The van der Waals surface area contributed by atoms with E-state index in [4.69, 9.17) is 4.74 Å². The van der Waals surface area contributed by atoms with Gasteiger partial charge in [0.1, 0.15) is 6.61 Å². The van der Waals surface area contributed by atoms with E-state index in [0.717, 1.165) is 5.69 Å². The molecule has 0 fully saturated rings. The standard InChI is InChI=1S/C10H14N4O2/c1-6(2)7-4-9(15)14-10(11-7)12-8(13-14)5-16-3/h4,6H,5H2,1-3H3,(H,11,12,13). The van der Waals surface area contributed by atoms with Gasteiger partial charge in [-0.1, -0.05) is 13.8 Å². The second-order valence-electron chi connectivity index (χ2n) is 3.91. The average molecular weight is 222 g/mol. The Morgan fingerprint density at radius 2 is 2.25 bits per heavy atom. The van der Waals surface area contributed by atoms with Crippen molar-refractivity contribution in [2.45, 2.75) is 26.4 Å². The summed E-state index contributed by atoms with van der Waals surface area (Å²) >= 11 is 0. The molecule has 6 nitrogen and oxygen atoms in total. The Morgan fingerprint density at radius 1 is 1.50 bits per heavy atom. The molecule has 6 heteroatoms. The van der Waals surface area contributed by atoms with Crippen LogP contribution >= 0.6 is 0 Å². The lowest BCUT2D eigenvalue weighted by molar-refractivity contribution is 0.178. The molecule has 0 radical (unpaired) electrons. The molecule has 1 N–H and O–H groups in total. The smallest absolute Gasteiger partial charge is 0.274 e. The molecule has 0 saturated heterocycles. The fourth-order valence-corrected chi connectivity index (χ4v) is 1.44. The number of hydrogen-bond acceptors (Lipinski definition) is 4. The molecule has 86 valence electrons. The minimum atomic E-state index is -0.149. The number of ether oxygens (including phenoxy) is 1. The first-order valence-corrected chi connectivity index (χ1v) is 5.09. The SMILES string of the molecule is COCc1nc2nc(C(C)C)cc(=O)n2[nH]1. The largest absolute Gasteiger partial charge is 0.377 e. The van der Waals surface area contributed by atoms with Crippen LogP contribution in [0.2, 0.25) is 0 Å². The molecule has 0 amide bonds. The maximum Gasteiger partial charge on any atom is 0.274 e. The summed E-state index contributed by atoms with van der Waals surface area (Å²) in [7, 11) is 1.57. The number of H-pyrrole nitrogens is 1. The molecule has 0 spiro atoms. The number of aromatic amines is 1. The van der Waals surface area contributed by atoms with Crippen molar-refractivity contribution in [1.29, 1.82) is 0 Å². The molecule has 2 aromatic rings. The van der Waals surface area contributed by atoms with E-state index in [-0.39, 0.29) is 11.5 Å². The van der Waals surface area contributed by atoms with Gasteiger partial charge >= 0.3 is 0 Å². The van der Waals surface area contributed by atoms with Crippen molar-refractivity contribution in [3.05, 3.63) is 27.9 Å². The Balaban J connectivity index is 2.59. The van der Waals surface area contributed by atoms with E-state index in [0.29, 0.717) is 18.2 Å². The third-order valence-corrected chi connectivity index (χ3v) is 2.27. The van der Waals surface area contributed by atoms with E-state index in [9.17, 15) is 4.79 Å². The molecule has 0 saturated carbocycles. The Morgan fingerprint density at radius 3 is 2.88 bits per heavy atom. The first-order chi connectivity index (χ1) is 7.61. The van der Waals surface area contributed by atoms with Crippen LogP contribution in [0.15, 0.2) is 10.9 Å². The van der Waals surface area contributed by atoms with Crippen LogP contribution < -0.4 is 5.56 Å². The van der Waals surface area contributed by atoms with Crippen LogP contribution in [0.4, 0.5) is 0 Å². The highest BCUT2D eigenvalue weighted by atomic mass is 16.5. The second kappa shape index (κ2) is 4.05. The summed E-state index contributed by atoms with van der Waals surface area (Å²) in [5.74, 6) is 1.19. The third kappa shape index (κ3) is 1.83. The van der Waals surface area contributed by atoms with E-state index in [2.05, 4.69) is 15.1 Å². The number of rotatable bonds is 3. The molecule has 0 aromatic carbocycles. The van der Waals surface area contributed by atoms with E-state index >= 15 is 0 Å². The average Bonchev–Trinajstić information content (AvgIpc) is 2.61. The summed E-state index contributed by atoms with van der Waals surface area (Å²) in [6, 6.07) is 1.52. The molecule has 16 heavy (non-hydrogen) atoms. The zero-order valence-electron chi connectivity index (χ0n) is 9.52. The predicted molar refractivity (Wildman–Crippen MR) is 58.4 cm³/mol. The molecular weight excluding hydrogens is 208 g/mol. The fraction of sp³-hybridized carbons (Fsp3) is 0.500. The van der Waals surface area contributed by atoms with Gasteiger partial charge in [-0.05, 0) is 5.92 Å². The summed E-state index contributed by atoms with van der Waals surface area (Å²) in [6.07, 6.45) is 0. The van der Waals surface area contributed by atoms with Crippen LogP contribution in [0.25, 0.3) is 5.78 Å². The van der Waals surface area contributed by atoms with Crippen LogP contribution in [0.5, 0.6) is 0 Å². The van der Waals surface area contributed by atoms with E-state index < -0.39 is 0 Å². The van der Waals surface area contributed by atoms with Crippen molar-refractivity contribution >= 4 is 5.78 Å². The van der Waals surface area contributed by atoms with Crippen molar-refractivity contribution in [3.8, 4) is 0 Å². The first kappa shape index (κ1) is 10.8. The van der Waals surface area contributed by atoms with E-state index in [1.807, 2.05) is 13.8 Å². The van der Waals surface area contributed by atoms with Gasteiger partial charge in [0, 0.05) is 13.2 Å². The predicted octanol–water partition coefficient (Wildman–Crippen LogP) is 0.687. The summed E-state index contributed by atoms with van der Waals surface area (Å²) in [5, 5.41) is 2.84. The Bertz CT molecular complexity index is 555. The highest BCUT2D eigenvalue weighted by Gasteiger charge is 2.09. The number of methoxy groups -OCH3 is 1. The van der Waals surface area contributed by atoms with Gasteiger partial charge in [0.05, 0.1) is 5.69 Å². The highest BCUT2D eigenvalue weighted by molar-refractivity contribution is 5.28. The first-order valence-electron chi connectivity index (χ1n) is 5.09. The van der Waals surface area contributed by atoms with Gasteiger partial charge in [0.25, 0.3) is 11.3 Å². The summed E-state index contributed by atoms with van der Waals surface area (Å²) in [4.78, 5) is 20.2. The van der Waals surface area contributed by atoms with Crippen LogP contribution in [0, 0.1) is 0 Å². The zero-order chi connectivity index (χ0) is 11.7. The van der Waals surface area contributed by atoms with Gasteiger partial charge in [0.15, 0.2) is 5.82 Å². The van der Waals surface area contributed by atoms with Gasteiger partial charge in [-0.25, -0.2) is 4.98 Å². The lowest BCUT2D eigenvalue weighted by atomic mass is 10.1. The van der Waals surface area contributed by atoms with Crippen LogP contribution in [0.1, 0.15) is 31.3 Å². The van der Waals surface area contributed by atoms with E-state index in [1.165, 1.54) is 10.6 Å². The topological polar surface area (TPSA) is 72.3 Å². The fourth-order valence-electron chi connectivity index (χ4n) is 1.44. The molecule has 0 bridgehead atoms. The number of nitrogens with zero attached hydrogens (tertiary/aromatic N) is 3. The van der Waals surface area contributed by atoms with Crippen LogP contribution in [-0.2, 0) is 11.3 Å². The Hall–Kier alpha value is -1.69. The molecular formula is C10H14N4O2. The van der Waals surface area contributed by atoms with E-state index in [1.54, 1.807) is 7.11 Å². The van der Waals surface area contributed by atoms with Gasteiger partial charge in [-0.3, -0.25) is 9.89 Å². The van der Waals surface area contributed by atoms with Crippen molar-refractivity contribution < 1.29 is 4.74 Å². The third-order valence-electron chi connectivity index (χ3n) is 2.27. The monoisotopic (exact) mass is 222 g/mol. The van der Waals surface area contributed by atoms with Crippen LogP contribution in [0.3, 0.4) is 0 Å². The second-order valence-corrected chi connectivity index (χ2v) is 3.91. The van der Waals surface area contributed by atoms with Gasteiger partial charge in [-0.15, -0.1) is 0 Å². The summed E-state index contributed by atoms with van der Waals surface area (Å²) < 4.78 is 6.26. The minimum absolute atomic E-state index is 0.149. The van der Waals surface area contributed by atoms with Crippen molar-refractivity contribution in [2.75, 3.05) is 7.11 Å². The maximum absolute atomic E-state index is 11.7. The molecule has 0 aliphatic heterocycles. The molecule has 0 unspecified atom stereocenters. The quantitative estimate of drug-likeness (QED) is 0.829. The van der Waals surface area contributed by atoms with Crippen LogP contribution in [-0.4, -0.2) is 26.7 Å². The molecule has 0 aliphatic rings. The van der Waals surface area contributed by atoms with Crippen molar-refractivity contribution in [1.82, 2.24) is 19.6 Å². The summed E-state index contributed by atoms with van der Waals surface area (Å²) in [6.45, 7) is 4.31. The highest BCUT2D eigenvalue weighted by Crippen LogP contribution is 2.09. The normalized spacial score (nSPS) is 11.5. The summed E-state index contributed by atoms with van der Waals surface area (Å²) in [5.41, 5.74) is 0.601. The lowest BCUT2D eigenvalue weighted by Crippen LogP contribution is -2.16. The van der Waals surface area contributed by atoms with Crippen molar-refractivity contribution in [3.63, 3.8) is 0 Å². The maximum atomic E-state index is 11.7. The Kier molecular flexibility index (Phi) is 2.74. The van der Waals surface area contributed by atoms with Gasteiger partial charge < -0.3 is 4.74 Å². The number of aromatic nitrogens is 4.